The summed E-state index contributed by atoms with van der Waals surface area (Å²) in [5, 5.41) is 20.8. The van der Waals surface area contributed by atoms with E-state index < -0.39 is 17.7 Å². The van der Waals surface area contributed by atoms with Crippen molar-refractivity contribution in [3.05, 3.63) is 71.3 Å². The van der Waals surface area contributed by atoms with Gasteiger partial charge in [-0.25, -0.2) is 0 Å². The molecular weight excluding hydrogens is 428 g/mol. The molecule has 6 heteroatoms. The molecule has 1 aliphatic heterocycles. The molecule has 182 valence electrons. The quantitative estimate of drug-likeness (QED) is 0.259. The fourth-order valence-electron chi connectivity index (χ4n) is 4.43. The highest BCUT2D eigenvalue weighted by molar-refractivity contribution is 6.46. The minimum Gasteiger partial charge on any atom is -0.508 e. The number of ketones is 1. The fraction of sp³-hybridized carbons (Fsp3) is 0.429. The Kier molecular flexibility index (Phi) is 9.28. The highest BCUT2D eigenvalue weighted by atomic mass is 16.3. The number of Topliss-reactive ketones (excluding diaryl/α,β-unsaturated/α-hetero) is 1. The van der Waals surface area contributed by atoms with Gasteiger partial charge < -0.3 is 20.0 Å². The van der Waals surface area contributed by atoms with Crippen molar-refractivity contribution in [1.29, 1.82) is 0 Å². The number of rotatable bonds is 12. The highest BCUT2D eigenvalue weighted by Crippen LogP contribution is 2.39. The van der Waals surface area contributed by atoms with Gasteiger partial charge in [0.15, 0.2) is 0 Å². The summed E-state index contributed by atoms with van der Waals surface area (Å²) in [7, 11) is 0. The maximum absolute atomic E-state index is 13.1. The number of unbranched alkanes of at least 4 members (excludes halogenated alkanes) is 2. The molecular formula is C28H36N2O4. The van der Waals surface area contributed by atoms with Crippen molar-refractivity contribution in [1.82, 2.24) is 9.80 Å². The van der Waals surface area contributed by atoms with Gasteiger partial charge in [-0.2, -0.15) is 0 Å². The number of likely N-dealkylation sites (tertiary alicyclic amines) is 1. The van der Waals surface area contributed by atoms with Gasteiger partial charge in [0.1, 0.15) is 11.5 Å². The number of aliphatic hydroxyl groups excluding tert-OH is 1. The highest BCUT2D eigenvalue weighted by Gasteiger charge is 2.45. The number of phenolic OH excluding ortho intramolecular Hbond substituents is 1. The van der Waals surface area contributed by atoms with Crippen LogP contribution in [0.2, 0.25) is 0 Å². The van der Waals surface area contributed by atoms with E-state index in [1.54, 1.807) is 41.3 Å². The van der Waals surface area contributed by atoms with E-state index in [0.29, 0.717) is 17.7 Å². The van der Waals surface area contributed by atoms with Gasteiger partial charge in [0, 0.05) is 12.1 Å². The molecule has 0 aromatic heterocycles. The molecule has 3 rings (SSSR count). The summed E-state index contributed by atoms with van der Waals surface area (Å²) in [6.45, 7) is 7.69. The molecule has 0 unspecified atom stereocenters. The third-order valence-electron chi connectivity index (χ3n) is 6.33. The third-order valence-corrected chi connectivity index (χ3v) is 6.33. The number of aromatic hydroxyl groups is 1. The first-order valence-corrected chi connectivity index (χ1v) is 12.3. The van der Waals surface area contributed by atoms with Gasteiger partial charge in [-0.3, -0.25) is 9.59 Å². The zero-order valence-electron chi connectivity index (χ0n) is 20.2. The summed E-state index contributed by atoms with van der Waals surface area (Å²) in [4.78, 5) is 30.2. The summed E-state index contributed by atoms with van der Waals surface area (Å²) in [6.07, 6.45) is 5.28. The zero-order chi connectivity index (χ0) is 24.5. The van der Waals surface area contributed by atoms with Gasteiger partial charge >= 0.3 is 0 Å². The molecule has 0 aliphatic carbocycles. The number of phenols is 1. The second-order valence-electron chi connectivity index (χ2n) is 8.85. The Bertz CT molecular complexity index is 977. The van der Waals surface area contributed by atoms with Crippen LogP contribution >= 0.6 is 0 Å². The number of nitrogens with zero attached hydrogens (tertiary/aromatic N) is 2. The lowest BCUT2D eigenvalue weighted by Gasteiger charge is -2.27. The van der Waals surface area contributed by atoms with E-state index >= 15 is 0 Å². The molecule has 0 radical (unpaired) electrons. The topological polar surface area (TPSA) is 81.1 Å². The van der Waals surface area contributed by atoms with Gasteiger partial charge in [0.2, 0.25) is 0 Å². The molecule has 1 saturated heterocycles. The lowest BCUT2D eigenvalue weighted by atomic mass is 9.95. The number of aliphatic hydroxyl groups is 1. The van der Waals surface area contributed by atoms with Gasteiger partial charge in [0.05, 0.1) is 11.6 Å². The maximum Gasteiger partial charge on any atom is 0.295 e. The maximum atomic E-state index is 13.1. The van der Waals surface area contributed by atoms with Crippen molar-refractivity contribution in [2.24, 2.45) is 0 Å². The van der Waals surface area contributed by atoms with Crippen molar-refractivity contribution in [3.63, 3.8) is 0 Å². The van der Waals surface area contributed by atoms with Crippen molar-refractivity contribution in [3.8, 4) is 5.75 Å². The smallest absolute Gasteiger partial charge is 0.295 e. The Morgan fingerprint density at radius 3 is 2.06 bits per heavy atom. The number of carbonyl (C=O) groups excluding carboxylic acids is 2. The van der Waals surface area contributed by atoms with Crippen LogP contribution < -0.4 is 0 Å². The van der Waals surface area contributed by atoms with Crippen LogP contribution in [0, 0.1) is 0 Å². The minimum absolute atomic E-state index is 0.0933. The van der Waals surface area contributed by atoms with Crippen LogP contribution in [0.1, 0.15) is 63.1 Å². The summed E-state index contributed by atoms with van der Waals surface area (Å²) in [5.41, 5.74) is 1.27. The molecule has 2 N–H and O–H groups in total. The number of hydrogen-bond donors (Lipinski definition) is 2. The molecule has 0 spiro atoms. The summed E-state index contributed by atoms with van der Waals surface area (Å²) in [5.74, 6) is -1.34. The van der Waals surface area contributed by atoms with Crippen LogP contribution in [-0.2, 0) is 9.59 Å². The summed E-state index contributed by atoms with van der Waals surface area (Å²) < 4.78 is 0. The lowest BCUT2D eigenvalue weighted by molar-refractivity contribution is -0.140. The molecule has 2 aromatic carbocycles. The van der Waals surface area contributed by atoms with Crippen LogP contribution in [0.15, 0.2) is 60.2 Å². The van der Waals surface area contributed by atoms with E-state index in [2.05, 4.69) is 18.7 Å². The van der Waals surface area contributed by atoms with E-state index in [0.717, 1.165) is 51.7 Å². The molecule has 34 heavy (non-hydrogen) atoms. The van der Waals surface area contributed by atoms with Gasteiger partial charge in [0.25, 0.3) is 11.7 Å². The predicted molar refractivity (Wildman–Crippen MR) is 134 cm³/mol. The van der Waals surface area contributed by atoms with Crippen LogP contribution in [-0.4, -0.2) is 57.9 Å². The summed E-state index contributed by atoms with van der Waals surface area (Å²) >= 11 is 0. The van der Waals surface area contributed by atoms with Crippen molar-refractivity contribution >= 4 is 17.4 Å². The fourth-order valence-corrected chi connectivity index (χ4v) is 4.43. The Balaban J connectivity index is 1.88. The molecule has 1 aliphatic rings. The Hall–Kier alpha value is -3.12. The molecule has 1 atom stereocenters. The SMILES string of the molecule is CCCCN(CCCC)CCCN1C(=O)C(=O)C(=C(O)c2ccccc2)[C@@H]1c1ccc(O)cc1. The Labute approximate surface area is 202 Å². The third kappa shape index (κ3) is 6.06. The molecule has 0 bridgehead atoms. The van der Waals surface area contributed by atoms with Crippen LogP contribution in [0.5, 0.6) is 5.75 Å². The number of hydrogen-bond acceptors (Lipinski definition) is 5. The van der Waals surface area contributed by atoms with E-state index in [9.17, 15) is 19.8 Å². The summed E-state index contributed by atoms with van der Waals surface area (Å²) in [6, 6.07) is 14.6. The minimum atomic E-state index is -0.694. The zero-order valence-corrected chi connectivity index (χ0v) is 20.2. The van der Waals surface area contributed by atoms with Crippen molar-refractivity contribution in [2.45, 2.75) is 52.0 Å². The molecule has 6 nitrogen and oxygen atoms in total. The normalized spacial score (nSPS) is 17.6. The number of benzene rings is 2. The Morgan fingerprint density at radius 2 is 1.47 bits per heavy atom. The average molecular weight is 465 g/mol. The van der Waals surface area contributed by atoms with Crippen LogP contribution in [0.4, 0.5) is 0 Å². The number of amides is 1. The second-order valence-corrected chi connectivity index (χ2v) is 8.85. The monoisotopic (exact) mass is 464 g/mol. The van der Waals surface area contributed by atoms with Crippen LogP contribution in [0.25, 0.3) is 5.76 Å². The van der Waals surface area contributed by atoms with Gasteiger partial charge in [-0.1, -0.05) is 69.2 Å². The van der Waals surface area contributed by atoms with E-state index in [-0.39, 0.29) is 17.1 Å². The first-order chi connectivity index (χ1) is 16.5. The average Bonchev–Trinajstić information content (AvgIpc) is 3.11. The van der Waals surface area contributed by atoms with E-state index in [1.807, 2.05) is 6.07 Å². The molecule has 2 aromatic rings. The van der Waals surface area contributed by atoms with E-state index in [4.69, 9.17) is 0 Å². The van der Waals surface area contributed by atoms with Gasteiger partial charge in [-0.05, 0) is 56.6 Å². The molecule has 1 fully saturated rings. The molecule has 1 amide bonds. The van der Waals surface area contributed by atoms with Gasteiger partial charge in [-0.15, -0.1) is 0 Å². The largest absolute Gasteiger partial charge is 0.508 e. The first-order valence-electron chi connectivity index (χ1n) is 12.3. The Morgan fingerprint density at radius 1 is 0.882 bits per heavy atom. The van der Waals surface area contributed by atoms with Crippen molar-refractivity contribution < 1.29 is 19.8 Å². The number of carbonyl (C=O) groups is 2. The van der Waals surface area contributed by atoms with Crippen molar-refractivity contribution in [2.75, 3.05) is 26.2 Å². The lowest BCUT2D eigenvalue weighted by Crippen LogP contribution is -2.34. The van der Waals surface area contributed by atoms with Crippen LogP contribution in [0.3, 0.4) is 0 Å². The second kappa shape index (κ2) is 12.4. The predicted octanol–water partition coefficient (Wildman–Crippen LogP) is 5.11. The molecule has 1 heterocycles. The standard InChI is InChI=1S/C28H36N2O4/c1-3-5-17-29(18-6-4-2)19-10-20-30-25(21-13-15-23(31)16-14-21)24(27(33)28(30)34)26(32)22-11-8-7-9-12-22/h7-9,11-16,25,31-32H,3-6,10,17-20H2,1-2H3/t25-/m0/s1. The van der Waals surface area contributed by atoms with E-state index in [1.165, 1.54) is 12.1 Å². The first kappa shape index (κ1) is 25.5. The molecule has 0 saturated carbocycles.